The molecule has 0 spiro atoms. The Kier molecular flexibility index (Phi) is 6.76. The fraction of sp³-hybridized carbons (Fsp3) is 0.143. The topological polar surface area (TPSA) is 48.5 Å². The van der Waals surface area contributed by atoms with Gasteiger partial charge in [0, 0.05) is 22.4 Å². The molecule has 0 bridgehead atoms. The lowest BCUT2D eigenvalue weighted by Gasteiger charge is -2.10. The Morgan fingerprint density at radius 3 is 2.61 bits per heavy atom. The Bertz CT molecular complexity index is 1100. The van der Waals surface area contributed by atoms with Gasteiger partial charge in [0.25, 0.3) is 5.56 Å². The number of halogens is 2. The van der Waals surface area contributed by atoms with Crippen molar-refractivity contribution < 1.29 is 4.74 Å². The molecular weight excluding hydrogens is 580 g/mol. The molecule has 1 aromatic heterocycles. The van der Waals surface area contributed by atoms with E-state index in [1.54, 1.807) is 17.0 Å². The van der Waals surface area contributed by atoms with Crippen LogP contribution in [0.4, 0.5) is 5.69 Å². The van der Waals surface area contributed by atoms with E-state index < -0.39 is 0 Å². The van der Waals surface area contributed by atoms with E-state index in [4.69, 9.17) is 4.74 Å². The van der Waals surface area contributed by atoms with Crippen molar-refractivity contribution in [1.29, 1.82) is 0 Å². The number of benzene rings is 2. The van der Waals surface area contributed by atoms with Crippen LogP contribution in [0.15, 0.2) is 64.9 Å². The smallest absolute Gasteiger partial charge is 0.297 e. The normalized spacial score (nSPS) is 11.1. The molecule has 0 N–H and O–H groups in total. The average molecular weight is 599 g/mol. The first kappa shape index (κ1) is 20.8. The fourth-order valence-electron chi connectivity index (χ4n) is 2.81. The quantitative estimate of drug-likeness (QED) is 0.228. The van der Waals surface area contributed by atoms with Gasteiger partial charge in [0.15, 0.2) is 5.69 Å². The van der Waals surface area contributed by atoms with E-state index in [-0.39, 0.29) is 5.56 Å². The van der Waals surface area contributed by atoms with Gasteiger partial charge >= 0.3 is 0 Å². The molecular formula is C21H19I2N3O2. The number of hydrogen-bond acceptors (Lipinski definition) is 3. The van der Waals surface area contributed by atoms with Crippen LogP contribution >= 0.6 is 45.2 Å². The second kappa shape index (κ2) is 9.08. The van der Waals surface area contributed by atoms with Gasteiger partial charge in [-0.2, -0.15) is 0 Å². The van der Waals surface area contributed by atoms with Crippen LogP contribution in [-0.2, 0) is 7.05 Å². The highest BCUT2D eigenvalue weighted by atomic mass is 127. The minimum absolute atomic E-state index is 0.156. The largest absolute Gasteiger partial charge is 0.488 e. The SMILES string of the molecule is C=CCOc1c(I)cc(I)cc1C=Nc1c(C)n(C)n(-c2ccccc2)c1=O. The second-order valence-corrected chi connectivity index (χ2v) is 8.48. The van der Waals surface area contributed by atoms with Crippen LogP contribution in [0.2, 0.25) is 0 Å². The molecule has 1 heterocycles. The zero-order chi connectivity index (χ0) is 20.3. The van der Waals surface area contributed by atoms with E-state index in [1.807, 2.05) is 61.1 Å². The van der Waals surface area contributed by atoms with Crippen molar-refractivity contribution in [2.24, 2.45) is 12.0 Å². The van der Waals surface area contributed by atoms with Crippen LogP contribution in [0.3, 0.4) is 0 Å². The molecule has 7 heteroatoms. The van der Waals surface area contributed by atoms with Crippen molar-refractivity contribution >= 4 is 57.1 Å². The van der Waals surface area contributed by atoms with Crippen LogP contribution in [0.25, 0.3) is 5.69 Å². The maximum atomic E-state index is 13.0. The van der Waals surface area contributed by atoms with Gasteiger partial charge < -0.3 is 4.74 Å². The molecule has 3 aromatic rings. The third kappa shape index (κ3) is 4.24. The lowest BCUT2D eigenvalue weighted by Crippen LogP contribution is -2.19. The predicted molar refractivity (Wildman–Crippen MR) is 131 cm³/mol. The molecule has 0 fully saturated rings. The van der Waals surface area contributed by atoms with Gasteiger partial charge in [-0.05, 0) is 76.4 Å². The fourth-order valence-corrected chi connectivity index (χ4v) is 4.85. The Morgan fingerprint density at radius 2 is 1.93 bits per heavy atom. The second-order valence-electron chi connectivity index (χ2n) is 6.07. The maximum absolute atomic E-state index is 13.0. The van der Waals surface area contributed by atoms with Crippen molar-refractivity contribution in [1.82, 2.24) is 9.36 Å². The average Bonchev–Trinajstić information content (AvgIpc) is 2.88. The van der Waals surface area contributed by atoms with Gasteiger partial charge in [-0.15, -0.1) is 0 Å². The minimum atomic E-state index is -0.156. The number of para-hydroxylation sites is 1. The summed E-state index contributed by atoms with van der Waals surface area (Å²) in [4.78, 5) is 17.5. The van der Waals surface area contributed by atoms with Crippen LogP contribution in [0, 0.1) is 14.1 Å². The number of rotatable bonds is 6. The van der Waals surface area contributed by atoms with Crippen molar-refractivity contribution in [3.63, 3.8) is 0 Å². The van der Waals surface area contributed by atoms with Crippen molar-refractivity contribution in [2.75, 3.05) is 6.61 Å². The monoisotopic (exact) mass is 599 g/mol. The number of aromatic nitrogens is 2. The highest BCUT2D eigenvalue weighted by Crippen LogP contribution is 2.28. The summed E-state index contributed by atoms with van der Waals surface area (Å²) in [6.45, 7) is 6.00. The van der Waals surface area contributed by atoms with E-state index in [1.165, 1.54) is 0 Å². The Labute approximate surface area is 191 Å². The molecule has 0 unspecified atom stereocenters. The highest BCUT2D eigenvalue weighted by molar-refractivity contribution is 14.1. The summed E-state index contributed by atoms with van der Waals surface area (Å²) < 4.78 is 11.3. The lowest BCUT2D eigenvalue weighted by molar-refractivity contribution is 0.360. The summed E-state index contributed by atoms with van der Waals surface area (Å²) in [6.07, 6.45) is 3.40. The highest BCUT2D eigenvalue weighted by Gasteiger charge is 2.15. The van der Waals surface area contributed by atoms with E-state index in [0.29, 0.717) is 12.3 Å². The van der Waals surface area contributed by atoms with Gasteiger partial charge in [-0.25, -0.2) is 9.67 Å². The molecule has 0 atom stereocenters. The maximum Gasteiger partial charge on any atom is 0.297 e. The summed E-state index contributed by atoms with van der Waals surface area (Å²) in [5.41, 5.74) is 2.68. The first-order valence-electron chi connectivity index (χ1n) is 8.55. The molecule has 0 aliphatic carbocycles. The van der Waals surface area contributed by atoms with Gasteiger partial charge in [-0.1, -0.05) is 30.9 Å². The molecule has 0 radical (unpaired) electrons. The molecule has 0 aliphatic heterocycles. The first-order valence-corrected chi connectivity index (χ1v) is 10.7. The molecule has 0 saturated heterocycles. The summed E-state index contributed by atoms with van der Waals surface area (Å²) in [6, 6.07) is 13.6. The van der Waals surface area contributed by atoms with Gasteiger partial charge in [-0.3, -0.25) is 9.48 Å². The van der Waals surface area contributed by atoms with E-state index in [0.717, 1.165) is 29.8 Å². The van der Waals surface area contributed by atoms with E-state index in [9.17, 15) is 4.79 Å². The summed E-state index contributed by atoms with van der Waals surface area (Å²) >= 11 is 4.50. The zero-order valence-electron chi connectivity index (χ0n) is 15.5. The summed E-state index contributed by atoms with van der Waals surface area (Å²) in [7, 11) is 1.86. The Balaban J connectivity index is 2.07. The Morgan fingerprint density at radius 1 is 1.21 bits per heavy atom. The molecule has 28 heavy (non-hydrogen) atoms. The molecule has 3 rings (SSSR count). The first-order chi connectivity index (χ1) is 13.4. The molecule has 0 amide bonds. The number of hydrogen-bond donors (Lipinski definition) is 0. The minimum Gasteiger partial charge on any atom is -0.488 e. The number of ether oxygens (including phenoxy) is 1. The molecule has 2 aromatic carbocycles. The van der Waals surface area contributed by atoms with Crippen molar-refractivity contribution in [3.8, 4) is 11.4 Å². The third-order valence-electron chi connectivity index (χ3n) is 4.24. The third-order valence-corrected chi connectivity index (χ3v) is 5.66. The lowest BCUT2D eigenvalue weighted by atomic mass is 10.2. The molecule has 0 aliphatic rings. The zero-order valence-corrected chi connectivity index (χ0v) is 19.8. The summed E-state index contributed by atoms with van der Waals surface area (Å²) in [5.74, 6) is 0.738. The van der Waals surface area contributed by atoms with Crippen LogP contribution in [-0.4, -0.2) is 22.2 Å². The number of aliphatic imine (C=N–C) groups is 1. The van der Waals surface area contributed by atoms with E-state index >= 15 is 0 Å². The summed E-state index contributed by atoms with van der Waals surface area (Å²) in [5, 5.41) is 0. The van der Waals surface area contributed by atoms with Crippen molar-refractivity contribution in [3.05, 3.63) is 83.9 Å². The van der Waals surface area contributed by atoms with Crippen LogP contribution in [0.1, 0.15) is 11.3 Å². The molecule has 5 nitrogen and oxygen atoms in total. The van der Waals surface area contributed by atoms with Crippen molar-refractivity contribution in [2.45, 2.75) is 6.92 Å². The number of nitrogens with zero attached hydrogens (tertiary/aromatic N) is 3. The molecule has 144 valence electrons. The van der Waals surface area contributed by atoms with E-state index in [2.05, 4.69) is 56.8 Å². The molecule has 0 saturated carbocycles. The predicted octanol–water partition coefficient (Wildman–Crippen LogP) is 5.01. The van der Waals surface area contributed by atoms with Gasteiger partial charge in [0.05, 0.1) is 15.0 Å². The van der Waals surface area contributed by atoms with Gasteiger partial charge in [0.1, 0.15) is 12.4 Å². The van der Waals surface area contributed by atoms with Crippen LogP contribution < -0.4 is 10.3 Å². The van der Waals surface area contributed by atoms with Gasteiger partial charge in [0.2, 0.25) is 0 Å². The van der Waals surface area contributed by atoms with Crippen LogP contribution in [0.5, 0.6) is 5.75 Å². The Hall–Kier alpha value is -1.88. The standard InChI is InChI=1S/C21H19I2N3O2/c1-4-10-28-20-15(11-16(22)12-18(20)23)13-24-19-14(2)25(3)26(21(19)27)17-8-6-5-7-9-17/h4-9,11-13H,1,10H2,2-3H3.